The van der Waals surface area contributed by atoms with Gasteiger partial charge in [-0.3, -0.25) is 9.59 Å². The number of nitrogens with one attached hydrogen (secondary N) is 2. The molecule has 1 atom stereocenters. The minimum atomic E-state index is -0.706. The van der Waals surface area contributed by atoms with Crippen LogP contribution in [0.1, 0.15) is 17.3 Å². The Bertz CT molecular complexity index is 626. The maximum atomic E-state index is 12.8. The van der Waals surface area contributed by atoms with E-state index >= 15 is 0 Å². The zero-order chi connectivity index (χ0) is 15.2. The molecule has 5 heteroatoms. The van der Waals surface area contributed by atoms with E-state index in [1.807, 2.05) is 0 Å². The van der Waals surface area contributed by atoms with Crippen LogP contribution < -0.4 is 10.6 Å². The summed E-state index contributed by atoms with van der Waals surface area (Å²) in [5, 5.41) is 5.21. The van der Waals surface area contributed by atoms with Gasteiger partial charge in [0.25, 0.3) is 5.91 Å². The van der Waals surface area contributed by atoms with Crippen LogP contribution in [0.15, 0.2) is 54.6 Å². The van der Waals surface area contributed by atoms with E-state index in [1.54, 1.807) is 37.3 Å². The van der Waals surface area contributed by atoms with Gasteiger partial charge in [0.05, 0.1) is 0 Å². The van der Waals surface area contributed by atoms with Gasteiger partial charge in [-0.05, 0) is 43.3 Å². The van der Waals surface area contributed by atoms with Crippen LogP contribution in [0.2, 0.25) is 0 Å². The van der Waals surface area contributed by atoms with Crippen molar-refractivity contribution in [3.63, 3.8) is 0 Å². The standard InChI is InChI=1S/C16H15FN2O2/c1-11(18-16(21)12-5-3-2-4-6-12)15(20)19-14-9-7-13(17)8-10-14/h2-11H,1H3,(H,18,21)(H,19,20)/t11-/m0/s1. The predicted octanol–water partition coefficient (Wildman–Crippen LogP) is 2.58. The highest BCUT2D eigenvalue weighted by Gasteiger charge is 2.16. The Hall–Kier alpha value is -2.69. The molecule has 0 bridgehead atoms. The van der Waals surface area contributed by atoms with Crippen molar-refractivity contribution >= 4 is 17.5 Å². The molecule has 108 valence electrons. The van der Waals surface area contributed by atoms with E-state index in [0.29, 0.717) is 11.3 Å². The Morgan fingerprint density at radius 3 is 2.24 bits per heavy atom. The van der Waals surface area contributed by atoms with Crippen molar-refractivity contribution in [3.05, 3.63) is 66.0 Å². The molecule has 0 fully saturated rings. The van der Waals surface area contributed by atoms with Crippen molar-refractivity contribution in [2.24, 2.45) is 0 Å². The summed E-state index contributed by atoms with van der Waals surface area (Å²) in [6.07, 6.45) is 0. The normalized spacial score (nSPS) is 11.5. The Morgan fingerprint density at radius 1 is 1.00 bits per heavy atom. The van der Waals surface area contributed by atoms with Gasteiger partial charge in [-0.25, -0.2) is 4.39 Å². The number of carbonyl (C=O) groups is 2. The molecule has 0 aliphatic heterocycles. The van der Waals surface area contributed by atoms with Gasteiger partial charge in [0.15, 0.2) is 0 Å². The van der Waals surface area contributed by atoms with Crippen LogP contribution in [0.25, 0.3) is 0 Å². The molecule has 2 N–H and O–H groups in total. The monoisotopic (exact) mass is 286 g/mol. The molecule has 0 aromatic heterocycles. The summed E-state index contributed by atoms with van der Waals surface area (Å²) < 4.78 is 12.8. The molecule has 0 spiro atoms. The molecular formula is C16H15FN2O2. The molecule has 0 saturated heterocycles. The van der Waals surface area contributed by atoms with Crippen LogP contribution in [0.3, 0.4) is 0 Å². The third-order valence-corrected chi connectivity index (χ3v) is 2.89. The van der Waals surface area contributed by atoms with Crippen molar-refractivity contribution in [2.75, 3.05) is 5.32 Å². The fourth-order valence-electron chi connectivity index (χ4n) is 1.72. The predicted molar refractivity (Wildman–Crippen MR) is 78.4 cm³/mol. The number of anilines is 1. The maximum Gasteiger partial charge on any atom is 0.251 e. The first-order valence-electron chi connectivity index (χ1n) is 6.48. The van der Waals surface area contributed by atoms with Gasteiger partial charge < -0.3 is 10.6 Å². The SMILES string of the molecule is C[C@H](NC(=O)c1ccccc1)C(=O)Nc1ccc(F)cc1. The summed E-state index contributed by atoms with van der Waals surface area (Å²) in [4.78, 5) is 23.9. The molecule has 2 aromatic carbocycles. The van der Waals surface area contributed by atoms with Gasteiger partial charge in [-0.15, -0.1) is 0 Å². The van der Waals surface area contributed by atoms with E-state index in [-0.39, 0.29) is 17.6 Å². The van der Waals surface area contributed by atoms with Crippen LogP contribution >= 0.6 is 0 Å². The lowest BCUT2D eigenvalue weighted by Crippen LogP contribution is -2.41. The number of hydrogen-bond donors (Lipinski definition) is 2. The van der Waals surface area contributed by atoms with Crippen molar-refractivity contribution in [1.82, 2.24) is 5.32 Å². The van der Waals surface area contributed by atoms with Crippen molar-refractivity contribution in [2.45, 2.75) is 13.0 Å². The van der Waals surface area contributed by atoms with Gasteiger partial charge in [0.2, 0.25) is 5.91 Å². The van der Waals surface area contributed by atoms with E-state index in [2.05, 4.69) is 10.6 Å². The smallest absolute Gasteiger partial charge is 0.251 e. The van der Waals surface area contributed by atoms with Crippen molar-refractivity contribution in [3.8, 4) is 0 Å². The number of amides is 2. The Balaban J connectivity index is 1.93. The molecule has 0 heterocycles. The molecule has 0 radical (unpaired) electrons. The van der Waals surface area contributed by atoms with Crippen LogP contribution in [-0.4, -0.2) is 17.9 Å². The maximum absolute atomic E-state index is 12.8. The summed E-state index contributed by atoms with van der Waals surface area (Å²) in [6.45, 7) is 1.58. The van der Waals surface area contributed by atoms with Crippen molar-refractivity contribution < 1.29 is 14.0 Å². The first kappa shape index (κ1) is 14.7. The highest BCUT2D eigenvalue weighted by molar-refractivity contribution is 6.00. The van der Waals surface area contributed by atoms with E-state index in [9.17, 15) is 14.0 Å². The van der Waals surface area contributed by atoms with E-state index < -0.39 is 6.04 Å². The molecule has 2 amide bonds. The zero-order valence-electron chi connectivity index (χ0n) is 11.5. The third kappa shape index (κ3) is 4.14. The second kappa shape index (κ2) is 6.65. The average Bonchev–Trinajstić information content (AvgIpc) is 2.50. The Morgan fingerprint density at radius 2 is 1.62 bits per heavy atom. The molecule has 21 heavy (non-hydrogen) atoms. The van der Waals surface area contributed by atoms with Gasteiger partial charge in [0, 0.05) is 11.3 Å². The molecule has 0 unspecified atom stereocenters. The van der Waals surface area contributed by atoms with Gasteiger partial charge in [-0.1, -0.05) is 18.2 Å². The summed E-state index contributed by atoms with van der Waals surface area (Å²) in [7, 11) is 0. The fourth-order valence-corrected chi connectivity index (χ4v) is 1.72. The zero-order valence-corrected chi connectivity index (χ0v) is 11.5. The lowest BCUT2D eigenvalue weighted by molar-refractivity contribution is -0.117. The van der Waals surface area contributed by atoms with E-state index in [4.69, 9.17) is 0 Å². The second-order valence-corrected chi connectivity index (χ2v) is 4.56. The van der Waals surface area contributed by atoms with Gasteiger partial charge in [0.1, 0.15) is 11.9 Å². The highest BCUT2D eigenvalue weighted by Crippen LogP contribution is 2.08. The van der Waals surface area contributed by atoms with Crippen LogP contribution in [0, 0.1) is 5.82 Å². The molecule has 2 rings (SSSR count). The van der Waals surface area contributed by atoms with Gasteiger partial charge in [-0.2, -0.15) is 0 Å². The number of halogens is 1. The lowest BCUT2D eigenvalue weighted by atomic mass is 10.2. The van der Waals surface area contributed by atoms with Crippen molar-refractivity contribution in [1.29, 1.82) is 0 Å². The Labute approximate surface area is 122 Å². The quantitative estimate of drug-likeness (QED) is 0.907. The highest BCUT2D eigenvalue weighted by atomic mass is 19.1. The first-order chi connectivity index (χ1) is 10.1. The third-order valence-electron chi connectivity index (χ3n) is 2.89. The number of rotatable bonds is 4. The summed E-state index contributed by atoms with van der Waals surface area (Å²) in [5.74, 6) is -1.07. The minimum Gasteiger partial charge on any atom is -0.341 e. The summed E-state index contributed by atoms with van der Waals surface area (Å²) in [5.41, 5.74) is 0.959. The second-order valence-electron chi connectivity index (χ2n) is 4.56. The van der Waals surface area contributed by atoms with Crippen LogP contribution in [0.4, 0.5) is 10.1 Å². The molecule has 0 aliphatic rings. The number of carbonyl (C=O) groups excluding carboxylic acids is 2. The number of hydrogen-bond acceptors (Lipinski definition) is 2. The first-order valence-corrected chi connectivity index (χ1v) is 6.48. The number of benzene rings is 2. The summed E-state index contributed by atoms with van der Waals surface area (Å²) >= 11 is 0. The van der Waals surface area contributed by atoms with Crippen LogP contribution in [-0.2, 0) is 4.79 Å². The summed E-state index contributed by atoms with van der Waals surface area (Å²) in [6, 6.07) is 13.4. The lowest BCUT2D eigenvalue weighted by Gasteiger charge is -2.14. The largest absolute Gasteiger partial charge is 0.341 e. The molecular weight excluding hydrogens is 271 g/mol. The molecule has 0 saturated carbocycles. The van der Waals surface area contributed by atoms with Gasteiger partial charge >= 0.3 is 0 Å². The topological polar surface area (TPSA) is 58.2 Å². The molecule has 4 nitrogen and oxygen atoms in total. The Kier molecular flexibility index (Phi) is 4.66. The molecule has 0 aliphatic carbocycles. The molecule has 2 aromatic rings. The van der Waals surface area contributed by atoms with E-state index in [1.165, 1.54) is 24.3 Å². The fraction of sp³-hybridized carbons (Fsp3) is 0.125. The minimum absolute atomic E-state index is 0.322. The average molecular weight is 286 g/mol. The van der Waals surface area contributed by atoms with E-state index in [0.717, 1.165) is 0 Å². The van der Waals surface area contributed by atoms with Crippen LogP contribution in [0.5, 0.6) is 0 Å².